The molecule has 70 valence electrons. The second-order valence-corrected chi connectivity index (χ2v) is 2.70. The number of rotatable bonds is 2. The third-order valence-electron chi connectivity index (χ3n) is 1.50. The van der Waals surface area contributed by atoms with Crippen LogP contribution in [0.15, 0.2) is 18.2 Å². The number of carbonyl (C=O) groups is 1. The molecule has 0 spiro atoms. The van der Waals surface area contributed by atoms with E-state index in [-0.39, 0.29) is 16.3 Å². The quantitative estimate of drug-likeness (QED) is 0.586. The number of carbonyl (C=O) groups excluding carboxylic acids is 1. The minimum absolute atomic E-state index is 0.157. The highest BCUT2D eigenvalue weighted by Gasteiger charge is 2.06. The summed E-state index contributed by atoms with van der Waals surface area (Å²) in [5.74, 6) is -0.506. The van der Waals surface area contributed by atoms with Crippen molar-refractivity contribution in [3.05, 3.63) is 34.0 Å². The number of halogens is 1. The van der Waals surface area contributed by atoms with Crippen LogP contribution >= 0.6 is 11.6 Å². The number of benzene rings is 1. The molecular weight excluding hydrogens is 194 g/mol. The van der Waals surface area contributed by atoms with E-state index in [4.69, 9.17) is 11.6 Å². The Hall–Kier alpha value is -1.26. The molecular formula is C8H7ClNO3-. The highest BCUT2D eigenvalue weighted by atomic mass is 35.5. The van der Waals surface area contributed by atoms with Crippen molar-refractivity contribution >= 4 is 23.3 Å². The number of nitrogens with one attached hydrogen (secondary N) is 1. The van der Waals surface area contributed by atoms with Gasteiger partial charge in [0, 0.05) is 5.69 Å². The average Bonchev–Trinajstić information content (AvgIpc) is 2.17. The molecule has 0 aliphatic carbocycles. The molecule has 0 saturated heterocycles. The van der Waals surface area contributed by atoms with E-state index in [2.05, 4.69) is 4.74 Å². The first-order valence-corrected chi connectivity index (χ1v) is 3.83. The predicted molar refractivity (Wildman–Crippen MR) is 49.8 cm³/mol. The molecule has 0 amide bonds. The lowest BCUT2D eigenvalue weighted by Crippen LogP contribution is -2.01. The SMILES string of the molecule is COC(=O)c1ccc(Cl)c(N[O-])c1. The van der Waals surface area contributed by atoms with Gasteiger partial charge >= 0.3 is 5.97 Å². The lowest BCUT2D eigenvalue weighted by molar-refractivity contribution is 0.0601. The van der Waals surface area contributed by atoms with Gasteiger partial charge in [0.15, 0.2) is 0 Å². The van der Waals surface area contributed by atoms with Crippen LogP contribution in [0.25, 0.3) is 0 Å². The summed E-state index contributed by atoms with van der Waals surface area (Å²) in [6, 6.07) is 4.27. The first-order chi connectivity index (χ1) is 6.19. The summed E-state index contributed by atoms with van der Waals surface area (Å²) in [5, 5.41) is 10.6. The summed E-state index contributed by atoms with van der Waals surface area (Å²) in [5.41, 5.74) is 2.06. The smallest absolute Gasteiger partial charge is 0.337 e. The zero-order chi connectivity index (χ0) is 9.84. The van der Waals surface area contributed by atoms with Crippen molar-refractivity contribution in [1.82, 2.24) is 0 Å². The van der Waals surface area contributed by atoms with Crippen molar-refractivity contribution in [3.8, 4) is 0 Å². The maximum atomic E-state index is 11.0. The van der Waals surface area contributed by atoms with E-state index in [9.17, 15) is 10.0 Å². The molecule has 0 atom stereocenters. The number of hydrogen-bond donors (Lipinski definition) is 1. The molecule has 0 fully saturated rings. The Bertz CT molecular complexity index is 327. The minimum atomic E-state index is -0.506. The Morgan fingerprint density at radius 3 is 2.85 bits per heavy atom. The van der Waals surface area contributed by atoms with Crippen molar-refractivity contribution < 1.29 is 9.53 Å². The molecule has 13 heavy (non-hydrogen) atoms. The van der Waals surface area contributed by atoms with Gasteiger partial charge in [-0.1, -0.05) is 11.6 Å². The first-order valence-electron chi connectivity index (χ1n) is 3.45. The Morgan fingerprint density at radius 1 is 1.62 bits per heavy atom. The van der Waals surface area contributed by atoms with Crippen LogP contribution in [0.3, 0.4) is 0 Å². The standard InChI is InChI=1S/C8H7ClNO3/c1-13-8(11)5-2-3-6(9)7(4-5)10-12/h2-4,10H,1H3/q-1. The fraction of sp³-hybridized carbons (Fsp3) is 0.125. The maximum Gasteiger partial charge on any atom is 0.337 e. The molecule has 0 unspecified atom stereocenters. The second kappa shape index (κ2) is 4.11. The molecule has 1 aromatic rings. The van der Waals surface area contributed by atoms with Gasteiger partial charge in [-0.15, -0.1) is 0 Å². The third-order valence-corrected chi connectivity index (χ3v) is 1.83. The summed E-state index contributed by atoms with van der Waals surface area (Å²) in [6.45, 7) is 0. The summed E-state index contributed by atoms with van der Waals surface area (Å²) in [7, 11) is 1.27. The van der Waals surface area contributed by atoms with Crippen molar-refractivity contribution in [2.45, 2.75) is 0 Å². The molecule has 0 saturated carbocycles. The monoisotopic (exact) mass is 200 g/mol. The first kappa shape index (κ1) is 9.83. The Balaban J connectivity index is 3.06. The van der Waals surface area contributed by atoms with E-state index in [0.717, 1.165) is 0 Å². The van der Waals surface area contributed by atoms with Crippen LogP contribution in [0.2, 0.25) is 5.02 Å². The van der Waals surface area contributed by atoms with Crippen LogP contribution in [0.5, 0.6) is 0 Å². The second-order valence-electron chi connectivity index (χ2n) is 2.29. The summed E-state index contributed by atoms with van der Waals surface area (Å²) < 4.78 is 4.46. The highest BCUT2D eigenvalue weighted by molar-refractivity contribution is 6.33. The summed E-state index contributed by atoms with van der Waals surface area (Å²) >= 11 is 5.63. The molecule has 0 aromatic heterocycles. The lowest BCUT2D eigenvalue weighted by atomic mass is 10.2. The van der Waals surface area contributed by atoms with E-state index in [1.165, 1.54) is 25.3 Å². The normalized spacial score (nSPS) is 9.46. The van der Waals surface area contributed by atoms with Crippen molar-refractivity contribution in [3.63, 3.8) is 0 Å². The molecule has 4 nitrogen and oxygen atoms in total. The zero-order valence-electron chi connectivity index (χ0n) is 6.83. The van der Waals surface area contributed by atoms with Gasteiger partial charge in [0.05, 0.1) is 17.7 Å². The number of anilines is 1. The summed E-state index contributed by atoms with van der Waals surface area (Å²) in [4.78, 5) is 11.0. The number of esters is 1. The predicted octanol–water partition coefficient (Wildman–Crippen LogP) is 2.04. The van der Waals surface area contributed by atoms with E-state index < -0.39 is 5.97 Å². The topological polar surface area (TPSA) is 61.4 Å². The van der Waals surface area contributed by atoms with Crippen molar-refractivity contribution in [2.24, 2.45) is 0 Å². The molecule has 1 aromatic carbocycles. The zero-order valence-corrected chi connectivity index (χ0v) is 7.59. The maximum absolute atomic E-state index is 11.0. The Kier molecular flexibility index (Phi) is 3.11. The fourth-order valence-corrected chi connectivity index (χ4v) is 1.00. The van der Waals surface area contributed by atoms with E-state index in [1.54, 1.807) is 5.48 Å². The molecule has 1 rings (SSSR count). The van der Waals surface area contributed by atoms with Crippen LogP contribution in [0.1, 0.15) is 10.4 Å². The Morgan fingerprint density at radius 2 is 2.31 bits per heavy atom. The van der Waals surface area contributed by atoms with Gasteiger partial charge < -0.3 is 15.4 Å². The van der Waals surface area contributed by atoms with Gasteiger partial charge in [-0.3, -0.25) is 0 Å². The molecule has 5 heteroatoms. The molecule has 0 radical (unpaired) electrons. The van der Waals surface area contributed by atoms with E-state index >= 15 is 0 Å². The van der Waals surface area contributed by atoms with Gasteiger partial charge in [0.25, 0.3) is 0 Å². The van der Waals surface area contributed by atoms with Gasteiger partial charge in [0.2, 0.25) is 0 Å². The molecule has 0 heterocycles. The van der Waals surface area contributed by atoms with Crippen molar-refractivity contribution in [2.75, 3.05) is 12.6 Å². The van der Waals surface area contributed by atoms with Crippen LogP contribution in [0, 0.1) is 5.21 Å². The van der Waals surface area contributed by atoms with Gasteiger partial charge in [-0.25, -0.2) is 4.79 Å². The fourth-order valence-electron chi connectivity index (χ4n) is 0.848. The van der Waals surface area contributed by atoms with Crippen LogP contribution in [0.4, 0.5) is 5.69 Å². The van der Waals surface area contributed by atoms with Crippen molar-refractivity contribution in [1.29, 1.82) is 0 Å². The van der Waals surface area contributed by atoms with Gasteiger partial charge in [0.1, 0.15) is 0 Å². The minimum Gasteiger partial charge on any atom is -0.761 e. The number of methoxy groups -OCH3 is 1. The summed E-state index contributed by atoms with van der Waals surface area (Å²) in [6.07, 6.45) is 0. The largest absolute Gasteiger partial charge is 0.761 e. The lowest BCUT2D eigenvalue weighted by Gasteiger charge is -2.11. The molecule has 0 aliphatic rings. The van der Waals surface area contributed by atoms with Crippen LogP contribution in [-0.2, 0) is 4.74 Å². The highest BCUT2D eigenvalue weighted by Crippen LogP contribution is 2.22. The van der Waals surface area contributed by atoms with E-state index in [1.807, 2.05) is 0 Å². The molecule has 0 aliphatic heterocycles. The van der Waals surface area contributed by atoms with Gasteiger partial charge in [-0.05, 0) is 18.2 Å². The number of hydrogen-bond acceptors (Lipinski definition) is 4. The van der Waals surface area contributed by atoms with E-state index in [0.29, 0.717) is 0 Å². The Labute approximate surface area is 80.0 Å². The van der Waals surface area contributed by atoms with Crippen LogP contribution in [-0.4, -0.2) is 13.1 Å². The van der Waals surface area contributed by atoms with Crippen LogP contribution < -0.4 is 5.48 Å². The average molecular weight is 201 g/mol. The molecule has 0 bridgehead atoms. The third kappa shape index (κ3) is 2.11. The number of ether oxygens (including phenoxy) is 1. The molecule has 1 N–H and O–H groups in total. The van der Waals surface area contributed by atoms with Gasteiger partial charge in [-0.2, -0.15) is 0 Å².